The zero-order chi connectivity index (χ0) is 51.8. The SMILES string of the molecule is CCOc1cc2oc(-c3ccc(OCCOCCOCCOCCOc4cccc5c4C(=O)N(C4CCC(=O)NC4=O)C5=O)cc3Cl)cc(=O)c2cc1-c1cc(C(N)=O)cc(N(C)S(=O)(=O)c2ccccc2)c1. The fourth-order valence-corrected chi connectivity index (χ4v) is 9.62. The number of fused-ring (bicyclic) bond motifs is 2. The number of sulfonamides is 1. The fraction of sp³-hybridized carbons (Fsp3) is 0.269. The molecule has 0 saturated carbocycles. The van der Waals surface area contributed by atoms with Gasteiger partial charge in [0.05, 0.1) is 78.4 Å². The summed E-state index contributed by atoms with van der Waals surface area (Å²) in [5.41, 5.74) is 7.06. The molecule has 0 aliphatic carbocycles. The third kappa shape index (κ3) is 11.5. The van der Waals surface area contributed by atoms with Crippen LogP contribution in [0.3, 0.4) is 0 Å². The van der Waals surface area contributed by atoms with Crippen molar-refractivity contribution in [2.75, 3.05) is 70.8 Å². The van der Waals surface area contributed by atoms with Crippen molar-refractivity contribution in [2.24, 2.45) is 5.73 Å². The molecule has 73 heavy (non-hydrogen) atoms. The number of benzene rings is 5. The van der Waals surface area contributed by atoms with E-state index in [1.807, 2.05) is 0 Å². The zero-order valence-electron chi connectivity index (χ0n) is 39.6. The molecule has 6 aromatic rings. The molecule has 0 bridgehead atoms. The van der Waals surface area contributed by atoms with Gasteiger partial charge in [-0.2, -0.15) is 0 Å². The maximum Gasteiger partial charge on any atom is 0.266 e. The predicted molar refractivity (Wildman–Crippen MR) is 267 cm³/mol. The third-order valence-corrected chi connectivity index (χ3v) is 13.9. The number of nitrogens with two attached hydrogens (primary N) is 1. The van der Waals surface area contributed by atoms with E-state index in [9.17, 15) is 37.2 Å². The number of primary amides is 1. The van der Waals surface area contributed by atoms with E-state index < -0.39 is 51.0 Å². The van der Waals surface area contributed by atoms with Crippen molar-refractivity contribution in [2.45, 2.75) is 30.7 Å². The van der Waals surface area contributed by atoms with Crippen molar-refractivity contribution < 1.29 is 65.2 Å². The van der Waals surface area contributed by atoms with Crippen molar-refractivity contribution in [1.82, 2.24) is 10.2 Å². The van der Waals surface area contributed by atoms with Crippen molar-refractivity contribution in [1.29, 1.82) is 0 Å². The number of nitrogens with zero attached hydrogens (tertiary/aromatic N) is 2. The molecule has 0 spiro atoms. The quantitative estimate of drug-likeness (QED) is 0.0551. The highest BCUT2D eigenvalue weighted by Gasteiger charge is 2.46. The van der Waals surface area contributed by atoms with Crippen LogP contribution in [0, 0.1) is 0 Å². The Hall–Kier alpha value is -7.62. The van der Waals surface area contributed by atoms with Gasteiger partial charge in [-0.25, -0.2) is 8.42 Å². The van der Waals surface area contributed by atoms with Gasteiger partial charge in [0.2, 0.25) is 17.7 Å². The minimum Gasteiger partial charge on any atom is -0.493 e. The molecular formula is C52H49ClN4O15S. The molecule has 1 unspecified atom stereocenters. The average molecular weight is 1040 g/mol. The van der Waals surface area contributed by atoms with Crippen LogP contribution in [0.5, 0.6) is 17.2 Å². The lowest BCUT2D eigenvalue weighted by Crippen LogP contribution is -2.54. The van der Waals surface area contributed by atoms with E-state index in [1.165, 1.54) is 43.4 Å². The standard InChI is InChI=1S/C52H49ClN4O15S/c1-3-69-44-30-46-39(28-38(44)31-24-32(49(54)60)26-33(25-31)56(2)73(64,65)35-8-5-4-6-9-35)42(58)29-45(72-46)36-13-12-34(27-40(36)53)70-22-20-67-18-16-66-17-19-68-21-23-71-43-11-7-10-37-48(43)52(63)57(51(37)62)41-14-15-47(59)55-50(41)61/h4-13,24-30,41H,3,14-23H2,1-2H3,(H2,54,60)(H,55,59,61). The monoisotopic (exact) mass is 1040 g/mol. The zero-order valence-corrected chi connectivity index (χ0v) is 41.1. The normalized spacial score (nSPS) is 14.6. The number of carbonyl (C=O) groups is 5. The van der Waals surface area contributed by atoms with Crippen LogP contribution in [0.1, 0.15) is 50.8 Å². The van der Waals surface area contributed by atoms with E-state index in [0.717, 1.165) is 9.21 Å². The predicted octanol–water partition coefficient (Wildman–Crippen LogP) is 6.01. The molecule has 1 aromatic heterocycles. The molecule has 1 fully saturated rings. The first-order valence-electron chi connectivity index (χ1n) is 23.0. The molecule has 5 aromatic carbocycles. The molecule has 1 saturated heterocycles. The van der Waals surface area contributed by atoms with Crippen molar-refractivity contribution in [3.8, 4) is 39.7 Å². The van der Waals surface area contributed by atoms with Crippen LogP contribution in [0.4, 0.5) is 5.69 Å². The number of carbonyl (C=O) groups excluding carboxylic acids is 5. The number of hydrogen-bond donors (Lipinski definition) is 2. The Morgan fingerprint density at radius 2 is 1.45 bits per heavy atom. The highest BCUT2D eigenvalue weighted by Crippen LogP contribution is 2.39. The van der Waals surface area contributed by atoms with E-state index in [0.29, 0.717) is 41.4 Å². The minimum atomic E-state index is -4.03. The number of amides is 5. The highest BCUT2D eigenvalue weighted by atomic mass is 35.5. The molecule has 19 nitrogen and oxygen atoms in total. The van der Waals surface area contributed by atoms with Gasteiger partial charge in [-0.15, -0.1) is 0 Å². The molecule has 21 heteroatoms. The lowest BCUT2D eigenvalue weighted by Gasteiger charge is -2.27. The lowest BCUT2D eigenvalue weighted by molar-refractivity contribution is -0.136. The van der Waals surface area contributed by atoms with Crippen LogP contribution in [0.25, 0.3) is 33.4 Å². The molecule has 5 amide bonds. The Morgan fingerprint density at radius 1 is 0.753 bits per heavy atom. The van der Waals surface area contributed by atoms with Crippen molar-refractivity contribution in [3.05, 3.63) is 135 Å². The molecule has 380 valence electrons. The third-order valence-electron chi connectivity index (χ3n) is 11.8. The molecule has 2 aliphatic rings. The first-order chi connectivity index (χ1) is 35.2. The molecule has 3 heterocycles. The second kappa shape index (κ2) is 22.9. The summed E-state index contributed by atoms with van der Waals surface area (Å²) in [6, 6.07) is 25.2. The summed E-state index contributed by atoms with van der Waals surface area (Å²) in [6.45, 7) is 3.83. The largest absolute Gasteiger partial charge is 0.493 e. The first kappa shape index (κ1) is 51.7. The number of ether oxygens (including phenoxy) is 6. The number of anilines is 1. The van der Waals surface area contributed by atoms with Gasteiger partial charge in [0.15, 0.2) is 5.43 Å². The van der Waals surface area contributed by atoms with E-state index in [4.69, 9.17) is 50.2 Å². The van der Waals surface area contributed by atoms with Gasteiger partial charge in [0.25, 0.3) is 21.8 Å². The molecule has 3 N–H and O–H groups in total. The van der Waals surface area contributed by atoms with Crippen LogP contribution in [0.15, 0.2) is 117 Å². The van der Waals surface area contributed by atoms with Gasteiger partial charge in [0.1, 0.15) is 47.8 Å². The highest BCUT2D eigenvalue weighted by molar-refractivity contribution is 7.92. The summed E-state index contributed by atoms with van der Waals surface area (Å²) >= 11 is 6.69. The summed E-state index contributed by atoms with van der Waals surface area (Å²) in [7, 11) is -2.66. The molecule has 2 aliphatic heterocycles. The Balaban J connectivity index is 0.794. The van der Waals surface area contributed by atoms with E-state index in [-0.39, 0.29) is 114 Å². The van der Waals surface area contributed by atoms with Gasteiger partial charge in [0, 0.05) is 42.3 Å². The number of nitrogens with one attached hydrogen (secondary N) is 1. The average Bonchev–Trinajstić information content (AvgIpc) is 3.63. The summed E-state index contributed by atoms with van der Waals surface area (Å²) in [5.74, 6) is -2.08. The van der Waals surface area contributed by atoms with Crippen molar-refractivity contribution >= 4 is 67.8 Å². The Bertz CT molecular complexity index is 3280. The maximum atomic E-state index is 13.7. The fourth-order valence-electron chi connectivity index (χ4n) is 8.16. The first-order valence-corrected chi connectivity index (χ1v) is 24.8. The van der Waals surface area contributed by atoms with Gasteiger partial charge in [-0.3, -0.25) is 43.3 Å². The van der Waals surface area contributed by atoms with Crippen molar-refractivity contribution in [3.63, 3.8) is 0 Å². The number of halogens is 1. The summed E-state index contributed by atoms with van der Waals surface area (Å²) in [5, 5.41) is 2.62. The smallest absolute Gasteiger partial charge is 0.266 e. The van der Waals surface area contributed by atoms with Crippen LogP contribution in [-0.4, -0.2) is 115 Å². The Labute approximate surface area is 423 Å². The Kier molecular flexibility index (Phi) is 16.2. The maximum absolute atomic E-state index is 13.7. The minimum absolute atomic E-state index is 0.0219. The summed E-state index contributed by atoms with van der Waals surface area (Å²) in [6.07, 6.45) is 0.0749. The second-order valence-electron chi connectivity index (χ2n) is 16.5. The lowest BCUT2D eigenvalue weighted by atomic mass is 9.98. The number of imide groups is 2. The topological polar surface area (TPSA) is 250 Å². The number of rotatable bonds is 23. The molecule has 8 rings (SSSR count). The van der Waals surface area contributed by atoms with Crippen LogP contribution < -0.4 is 35.0 Å². The Morgan fingerprint density at radius 3 is 2.12 bits per heavy atom. The van der Waals surface area contributed by atoms with Crippen LogP contribution >= 0.6 is 11.6 Å². The molecular weight excluding hydrogens is 988 g/mol. The van der Waals surface area contributed by atoms with Gasteiger partial charge >= 0.3 is 0 Å². The van der Waals surface area contributed by atoms with E-state index >= 15 is 0 Å². The van der Waals surface area contributed by atoms with Gasteiger partial charge in [-0.05, 0) is 85.6 Å². The van der Waals surface area contributed by atoms with Gasteiger partial charge < -0.3 is 38.6 Å². The van der Waals surface area contributed by atoms with Crippen LogP contribution in [0.2, 0.25) is 5.02 Å². The molecule has 1 atom stereocenters. The van der Waals surface area contributed by atoms with Crippen LogP contribution in [-0.2, 0) is 33.8 Å². The summed E-state index contributed by atoms with van der Waals surface area (Å²) in [4.78, 5) is 77.4. The summed E-state index contributed by atoms with van der Waals surface area (Å²) < 4.78 is 68.7. The van der Waals surface area contributed by atoms with Gasteiger partial charge in [-0.1, -0.05) is 35.9 Å². The van der Waals surface area contributed by atoms with E-state index in [1.54, 1.807) is 73.7 Å². The second-order valence-corrected chi connectivity index (χ2v) is 18.8. The number of hydrogen-bond acceptors (Lipinski definition) is 15. The number of piperidine rings is 1. The molecule has 0 radical (unpaired) electrons. The van der Waals surface area contributed by atoms with E-state index in [2.05, 4.69) is 5.32 Å².